The van der Waals surface area contributed by atoms with Gasteiger partial charge in [0.05, 0.1) is 0 Å². The van der Waals surface area contributed by atoms with E-state index in [-0.39, 0.29) is 23.8 Å². The summed E-state index contributed by atoms with van der Waals surface area (Å²) < 4.78 is 5.50. The maximum atomic E-state index is 11.7. The van der Waals surface area contributed by atoms with Gasteiger partial charge in [-0.1, -0.05) is 39.0 Å². The lowest BCUT2D eigenvalue weighted by molar-refractivity contribution is -0.130. The summed E-state index contributed by atoms with van der Waals surface area (Å²) in [5, 5.41) is 0. The van der Waals surface area contributed by atoms with Crippen molar-refractivity contribution in [3.05, 3.63) is 29.3 Å². The van der Waals surface area contributed by atoms with Crippen molar-refractivity contribution in [1.82, 2.24) is 10.9 Å². The molecule has 0 heterocycles. The summed E-state index contributed by atoms with van der Waals surface area (Å²) in [6.07, 6.45) is 0.338. The van der Waals surface area contributed by atoms with E-state index in [9.17, 15) is 9.59 Å². The van der Waals surface area contributed by atoms with Crippen molar-refractivity contribution >= 4 is 11.8 Å². The van der Waals surface area contributed by atoms with Crippen LogP contribution in [0.15, 0.2) is 18.2 Å². The van der Waals surface area contributed by atoms with Gasteiger partial charge in [0, 0.05) is 6.42 Å². The Bertz CT molecular complexity index is 498. The molecule has 0 spiro atoms. The molecular weight excluding hydrogens is 268 g/mol. The van der Waals surface area contributed by atoms with Gasteiger partial charge in [0.15, 0.2) is 6.61 Å². The number of hydrazine groups is 1. The Balaban J connectivity index is 2.40. The Kier molecular flexibility index (Phi) is 5.76. The molecule has 2 amide bonds. The van der Waals surface area contributed by atoms with Crippen LogP contribution < -0.4 is 15.6 Å². The van der Waals surface area contributed by atoms with Crippen LogP contribution >= 0.6 is 0 Å². The zero-order valence-electron chi connectivity index (χ0n) is 13.4. The van der Waals surface area contributed by atoms with Crippen molar-refractivity contribution in [3.63, 3.8) is 0 Å². The summed E-state index contributed by atoms with van der Waals surface area (Å²) in [4.78, 5) is 23.2. The lowest BCUT2D eigenvalue weighted by Gasteiger charge is -2.17. The number of hydrogen-bond acceptors (Lipinski definition) is 3. The highest BCUT2D eigenvalue weighted by atomic mass is 16.5. The van der Waals surface area contributed by atoms with E-state index in [1.54, 1.807) is 0 Å². The molecule has 1 aromatic rings. The maximum Gasteiger partial charge on any atom is 0.276 e. The van der Waals surface area contributed by atoms with Crippen LogP contribution in [0.2, 0.25) is 0 Å². The van der Waals surface area contributed by atoms with Gasteiger partial charge in [-0.15, -0.1) is 0 Å². The van der Waals surface area contributed by atoms with Gasteiger partial charge in [0.2, 0.25) is 5.91 Å². The maximum absolute atomic E-state index is 11.7. The number of hydrogen-bond donors (Lipinski definition) is 2. The smallest absolute Gasteiger partial charge is 0.276 e. The fourth-order valence-corrected chi connectivity index (χ4v) is 1.87. The van der Waals surface area contributed by atoms with Gasteiger partial charge >= 0.3 is 0 Å². The van der Waals surface area contributed by atoms with Gasteiger partial charge < -0.3 is 4.74 Å². The Hall–Kier alpha value is -2.04. The summed E-state index contributed by atoms with van der Waals surface area (Å²) in [5.74, 6) is 0.0940. The Labute approximate surface area is 126 Å². The predicted octanol–water partition coefficient (Wildman–Crippen LogP) is 2.27. The van der Waals surface area contributed by atoms with E-state index in [0.29, 0.717) is 12.2 Å². The zero-order chi connectivity index (χ0) is 16.0. The molecule has 0 bridgehead atoms. The first-order valence-corrected chi connectivity index (χ1v) is 6.96. The highest BCUT2D eigenvalue weighted by molar-refractivity contribution is 5.83. The van der Waals surface area contributed by atoms with Crippen molar-refractivity contribution in [2.24, 2.45) is 5.41 Å². The van der Waals surface area contributed by atoms with Crippen LogP contribution in [0.5, 0.6) is 5.75 Å². The van der Waals surface area contributed by atoms with Crippen molar-refractivity contribution in [2.45, 2.75) is 41.0 Å². The van der Waals surface area contributed by atoms with Crippen LogP contribution in [0, 0.1) is 19.3 Å². The molecule has 0 saturated heterocycles. The van der Waals surface area contributed by atoms with Crippen LogP contribution in [-0.4, -0.2) is 18.4 Å². The molecule has 0 saturated carbocycles. The van der Waals surface area contributed by atoms with E-state index in [2.05, 4.69) is 10.9 Å². The number of ether oxygens (including phenoxy) is 1. The Morgan fingerprint density at radius 3 is 2.10 bits per heavy atom. The molecule has 0 unspecified atom stereocenters. The lowest BCUT2D eigenvalue weighted by atomic mass is 9.92. The van der Waals surface area contributed by atoms with E-state index in [1.165, 1.54) is 0 Å². The normalized spacial score (nSPS) is 10.9. The number of carbonyl (C=O) groups excluding carboxylic acids is 2. The van der Waals surface area contributed by atoms with Gasteiger partial charge in [0.1, 0.15) is 5.75 Å². The highest BCUT2D eigenvalue weighted by Gasteiger charge is 2.16. The molecule has 0 aromatic heterocycles. The summed E-state index contributed by atoms with van der Waals surface area (Å²) in [5.41, 5.74) is 6.56. The van der Waals surface area contributed by atoms with Crippen molar-refractivity contribution in [3.8, 4) is 5.75 Å². The van der Waals surface area contributed by atoms with Gasteiger partial charge in [0.25, 0.3) is 5.91 Å². The highest BCUT2D eigenvalue weighted by Crippen LogP contribution is 2.22. The molecular formula is C16H24N2O3. The molecule has 0 aliphatic carbocycles. The number of aryl methyl sites for hydroxylation is 2. The SMILES string of the molecule is Cc1cccc(C)c1OCC(=O)NNC(=O)CC(C)(C)C. The molecule has 21 heavy (non-hydrogen) atoms. The molecule has 5 heteroatoms. The second-order valence-electron chi connectivity index (χ2n) is 6.34. The molecule has 5 nitrogen and oxygen atoms in total. The summed E-state index contributed by atoms with van der Waals surface area (Å²) >= 11 is 0. The Morgan fingerprint density at radius 1 is 1.05 bits per heavy atom. The van der Waals surface area contributed by atoms with Crippen molar-refractivity contribution < 1.29 is 14.3 Å². The monoisotopic (exact) mass is 292 g/mol. The Morgan fingerprint density at radius 2 is 1.57 bits per heavy atom. The minimum Gasteiger partial charge on any atom is -0.483 e. The first-order valence-electron chi connectivity index (χ1n) is 6.96. The van der Waals surface area contributed by atoms with Gasteiger partial charge in [-0.05, 0) is 30.4 Å². The number of amides is 2. The van der Waals surface area contributed by atoms with E-state index in [1.807, 2.05) is 52.8 Å². The number of para-hydroxylation sites is 1. The molecule has 1 rings (SSSR count). The standard InChI is InChI=1S/C16H24N2O3/c1-11-7-6-8-12(2)15(11)21-10-14(20)18-17-13(19)9-16(3,4)5/h6-8H,9-10H2,1-5H3,(H,17,19)(H,18,20). The van der Waals surface area contributed by atoms with Crippen molar-refractivity contribution in [2.75, 3.05) is 6.61 Å². The number of nitrogens with one attached hydrogen (secondary N) is 2. The van der Waals surface area contributed by atoms with Crippen LogP contribution in [0.4, 0.5) is 0 Å². The molecule has 0 aliphatic heterocycles. The predicted molar refractivity (Wildman–Crippen MR) is 81.8 cm³/mol. The fraction of sp³-hybridized carbons (Fsp3) is 0.500. The molecule has 2 N–H and O–H groups in total. The number of benzene rings is 1. The molecule has 0 radical (unpaired) electrons. The van der Waals surface area contributed by atoms with Gasteiger partial charge in [-0.25, -0.2) is 0 Å². The summed E-state index contributed by atoms with van der Waals surface area (Å²) in [7, 11) is 0. The van der Waals surface area contributed by atoms with Gasteiger partial charge in [-0.3, -0.25) is 20.4 Å². The van der Waals surface area contributed by atoms with Crippen molar-refractivity contribution in [1.29, 1.82) is 0 Å². The van der Waals surface area contributed by atoms with E-state index in [0.717, 1.165) is 11.1 Å². The minimum atomic E-state index is -0.389. The zero-order valence-corrected chi connectivity index (χ0v) is 13.4. The minimum absolute atomic E-state index is 0.121. The van der Waals surface area contributed by atoms with E-state index in [4.69, 9.17) is 4.74 Å². The molecule has 116 valence electrons. The second-order valence-corrected chi connectivity index (χ2v) is 6.34. The van der Waals surface area contributed by atoms with Crippen LogP contribution in [0.1, 0.15) is 38.3 Å². The fourth-order valence-electron chi connectivity index (χ4n) is 1.87. The average Bonchev–Trinajstić information content (AvgIpc) is 2.33. The number of rotatable bonds is 4. The summed E-state index contributed by atoms with van der Waals surface area (Å²) in [6.45, 7) is 9.58. The molecule has 0 atom stereocenters. The molecule has 1 aromatic carbocycles. The first kappa shape index (κ1) is 17.0. The third kappa shape index (κ3) is 6.29. The van der Waals surface area contributed by atoms with E-state index >= 15 is 0 Å². The van der Waals surface area contributed by atoms with E-state index < -0.39 is 0 Å². The van der Waals surface area contributed by atoms with Gasteiger partial charge in [-0.2, -0.15) is 0 Å². The summed E-state index contributed by atoms with van der Waals surface area (Å²) in [6, 6.07) is 5.78. The topological polar surface area (TPSA) is 67.4 Å². The largest absolute Gasteiger partial charge is 0.483 e. The van der Waals surface area contributed by atoms with Crippen LogP contribution in [-0.2, 0) is 9.59 Å². The van der Waals surface area contributed by atoms with Crippen LogP contribution in [0.25, 0.3) is 0 Å². The number of carbonyl (C=O) groups is 2. The quantitative estimate of drug-likeness (QED) is 0.837. The molecule has 0 fully saturated rings. The third-order valence-electron chi connectivity index (χ3n) is 2.79. The second kappa shape index (κ2) is 7.11. The average molecular weight is 292 g/mol. The first-order chi connectivity index (χ1) is 9.69. The lowest BCUT2D eigenvalue weighted by Crippen LogP contribution is -2.44. The van der Waals surface area contributed by atoms with Crippen LogP contribution in [0.3, 0.4) is 0 Å². The third-order valence-corrected chi connectivity index (χ3v) is 2.79. The molecule has 0 aliphatic rings.